The van der Waals surface area contributed by atoms with Crippen LogP contribution >= 0.6 is 0 Å². The zero-order chi connectivity index (χ0) is 22.9. The molecule has 2 heterocycles. The van der Waals surface area contributed by atoms with Gasteiger partial charge in [-0.2, -0.15) is 0 Å². The predicted octanol–water partition coefficient (Wildman–Crippen LogP) is 4.97. The van der Waals surface area contributed by atoms with Crippen molar-refractivity contribution in [3.05, 3.63) is 72.6 Å². The second-order valence-corrected chi connectivity index (χ2v) is 8.86. The SMILES string of the molecule is CC(C)CNc1nc(-c2ccccc2)cn2c(-c3ccc(C(=O)NC4CC4F)cc3)cnc12. The number of amides is 1. The van der Waals surface area contributed by atoms with Crippen LogP contribution in [0.3, 0.4) is 0 Å². The molecule has 5 rings (SSSR count). The summed E-state index contributed by atoms with van der Waals surface area (Å²) in [6.07, 6.45) is 3.29. The number of halogens is 1. The van der Waals surface area contributed by atoms with E-state index in [0.717, 1.165) is 40.5 Å². The number of benzene rings is 2. The second-order valence-electron chi connectivity index (χ2n) is 8.86. The number of nitrogens with zero attached hydrogens (tertiary/aromatic N) is 3. The molecule has 0 bridgehead atoms. The van der Waals surface area contributed by atoms with Gasteiger partial charge in [-0.1, -0.05) is 56.3 Å². The summed E-state index contributed by atoms with van der Waals surface area (Å²) in [5.41, 5.74) is 4.94. The van der Waals surface area contributed by atoms with Crippen molar-refractivity contribution >= 4 is 17.4 Å². The molecule has 168 valence electrons. The smallest absolute Gasteiger partial charge is 0.251 e. The van der Waals surface area contributed by atoms with E-state index in [9.17, 15) is 9.18 Å². The number of hydrogen-bond donors (Lipinski definition) is 2. The average molecular weight is 444 g/mol. The highest BCUT2D eigenvalue weighted by Crippen LogP contribution is 2.29. The highest BCUT2D eigenvalue weighted by molar-refractivity contribution is 5.95. The Bertz CT molecular complexity index is 1280. The highest BCUT2D eigenvalue weighted by Gasteiger charge is 2.38. The first-order chi connectivity index (χ1) is 16.0. The standard InChI is InChI=1S/C26H26FN5O/c1-16(2)13-28-24-25-29-14-23(32(25)15-22(30-24)17-6-4-3-5-7-17)18-8-10-19(11-9-18)26(33)31-21-12-20(21)27/h3-11,14-16,20-21H,12-13H2,1-2H3,(H,28,30)(H,31,33). The average Bonchev–Trinajstić information content (AvgIpc) is 3.35. The monoisotopic (exact) mass is 443 g/mol. The van der Waals surface area contributed by atoms with Crippen LogP contribution in [0.5, 0.6) is 0 Å². The molecule has 6 nitrogen and oxygen atoms in total. The van der Waals surface area contributed by atoms with Gasteiger partial charge in [0.2, 0.25) is 0 Å². The summed E-state index contributed by atoms with van der Waals surface area (Å²) >= 11 is 0. The third-order valence-electron chi connectivity index (χ3n) is 5.71. The van der Waals surface area contributed by atoms with Gasteiger partial charge in [0.1, 0.15) is 6.17 Å². The van der Waals surface area contributed by atoms with E-state index < -0.39 is 6.17 Å². The number of alkyl halides is 1. The summed E-state index contributed by atoms with van der Waals surface area (Å²) in [5.74, 6) is 0.946. The lowest BCUT2D eigenvalue weighted by molar-refractivity contribution is 0.0947. The number of aromatic nitrogens is 3. The molecular weight excluding hydrogens is 417 g/mol. The number of carbonyl (C=O) groups is 1. The maximum Gasteiger partial charge on any atom is 0.251 e. The van der Waals surface area contributed by atoms with Crippen LogP contribution in [0.1, 0.15) is 30.6 Å². The molecule has 1 amide bonds. The zero-order valence-corrected chi connectivity index (χ0v) is 18.6. The van der Waals surface area contributed by atoms with Crippen molar-refractivity contribution in [3.63, 3.8) is 0 Å². The Balaban J connectivity index is 1.51. The van der Waals surface area contributed by atoms with E-state index in [1.807, 2.05) is 59.3 Å². The molecule has 1 aliphatic rings. The van der Waals surface area contributed by atoms with Crippen LogP contribution in [0.15, 0.2) is 67.0 Å². The lowest BCUT2D eigenvalue weighted by Gasteiger charge is -2.13. The molecule has 2 aromatic heterocycles. The maximum atomic E-state index is 13.1. The molecule has 2 atom stereocenters. The first kappa shape index (κ1) is 21.1. The first-order valence-electron chi connectivity index (χ1n) is 11.2. The van der Waals surface area contributed by atoms with E-state index in [1.165, 1.54) is 0 Å². The van der Waals surface area contributed by atoms with Crippen LogP contribution < -0.4 is 10.6 Å². The van der Waals surface area contributed by atoms with E-state index in [2.05, 4.69) is 29.5 Å². The van der Waals surface area contributed by atoms with E-state index in [4.69, 9.17) is 4.98 Å². The van der Waals surface area contributed by atoms with Gasteiger partial charge in [0.25, 0.3) is 5.91 Å². The van der Waals surface area contributed by atoms with Gasteiger partial charge in [0.05, 0.1) is 23.6 Å². The predicted molar refractivity (Wildman–Crippen MR) is 128 cm³/mol. The normalized spacial score (nSPS) is 17.3. The molecule has 1 fully saturated rings. The van der Waals surface area contributed by atoms with Crippen LogP contribution in [0.25, 0.3) is 28.2 Å². The molecule has 4 aromatic rings. The van der Waals surface area contributed by atoms with Gasteiger partial charge in [0, 0.05) is 35.9 Å². The van der Waals surface area contributed by atoms with Gasteiger partial charge in [-0.15, -0.1) is 0 Å². The molecule has 0 aliphatic heterocycles. The van der Waals surface area contributed by atoms with Crippen LogP contribution in [0, 0.1) is 5.92 Å². The largest absolute Gasteiger partial charge is 0.367 e. The number of anilines is 1. The Morgan fingerprint density at radius 2 is 1.85 bits per heavy atom. The van der Waals surface area contributed by atoms with Crippen LogP contribution in [-0.4, -0.2) is 39.0 Å². The molecule has 33 heavy (non-hydrogen) atoms. The number of rotatable bonds is 7. The fourth-order valence-corrected chi connectivity index (χ4v) is 3.73. The van der Waals surface area contributed by atoms with Crippen LogP contribution in [0.2, 0.25) is 0 Å². The van der Waals surface area contributed by atoms with E-state index >= 15 is 0 Å². The van der Waals surface area contributed by atoms with Crippen molar-refractivity contribution in [2.45, 2.75) is 32.5 Å². The van der Waals surface area contributed by atoms with E-state index in [1.54, 1.807) is 12.1 Å². The van der Waals surface area contributed by atoms with Gasteiger partial charge in [-0.3, -0.25) is 9.20 Å². The lowest BCUT2D eigenvalue weighted by Crippen LogP contribution is -2.26. The van der Waals surface area contributed by atoms with Crippen molar-refractivity contribution < 1.29 is 9.18 Å². The maximum absolute atomic E-state index is 13.1. The Hall–Kier alpha value is -3.74. The number of nitrogens with one attached hydrogen (secondary N) is 2. The number of imidazole rings is 1. The van der Waals surface area contributed by atoms with Crippen LogP contribution in [-0.2, 0) is 0 Å². The first-order valence-corrected chi connectivity index (χ1v) is 11.2. The topological polar surface area (TPSA) is 71.3 Å². The van der Waals surface area contributed by atoms with Gasteiger partial charge in [0.15, 0.2) is 11.5 Å². The van der Waals surface area contributed by atoms with Gasteiger partial charge < -0.3 is 10.6 Å². The minimum atomic E-state index is -0.919. The van der Waals surface area contributed by atoms with Gasteiger partial charge >= 0.3 is 0 Å². The summed E-state index contributed by atoms with van der Waals surface area (Å²) in [6.45, 7) is 5.08. The van der Waals surface area contributed by atoms with Crippen molar-refractivity contribution in [2.75, 3.05) is 11.9 Å². The Labute approximate surface area is 191 Å². The molecule has 1 saturated carbocycles. The molecule has 0 spiro atoms. The molecule has 2 N–H and O–H groups in total. The van der Waals surface area contributed by atoms with Crippen molar-refractivity contribution in [3.8, 4) is 22.5 Å². The van der Waals surface area contributed by atoms with E-state index in [0.29, 0.717) is 17.9 Å². The van der Waals surface area contributed by atoms with Gasteiger partial charge in [-0.25, -0.2) is 14.4 Å². The van der Waals surface area contributed by atoms with Crippen molar-refractivity contribution in [1.82, 2.24) is 19.7 Å². The summed E-state index contributed by atoms with van der Waals surface area (Å²) < 4.78 is 15.1. The Kier molecular flexibility index (Phi) is 5.54. The molecule has 0 radical (unpaired) electrons. The quantitative estimate of drug-likeness (QED) is 0.423. The summed E-state index contributed by atoms with van der Waals surface area (Å²) in [7, 11) is 0. The Morgan fingerprint density at radius 3 is 2.52 bits per heavy atom. The molecular formula is C26H26FN5O. The van der Waals surface area contributed by atoms with Crippen molar-refractivity contribution in [2.24, 2.45) is 5.92 Å². The minimum absolute atomic E-state index is 0.249. The number of fused-ring (bicyclic) bond motifs is 1. The fourth-order valence-electron chi connectivity index (χ4n) is 3.73. The summed E-state index contributed by atoms with van der Waals surface area (Å²) in [6, 6.07) is 17.0. The molecule has 2 aromatic carbocycles. The van der Waals surface area contributed by atoms with Crippen LogP contribution in [0.4, 0.5) is 10.2 Å². The molecule has 2 unspecified atom stereocenters. The number of hydrogen-bond acceptors (Lipinski definition) is 4. The zero-order valence-electron chi connectivity index (χ0n) is 18.6. The number of carbonyl (C=O) groups excluding carboxylic acids is 1. The van der Waals surface area contributed by atoms with E-state index in [-0.39, 0.29) is 11.9 Å². The summed E-state index contributed by atoms with van der Waals surface area (Å²) in [5, 5.41) is 6.15. The third kappa shape index (κ3) is 4.44. The third-order valence-corrected chi connectivity index (χ3v) is 5.71. The Morgan fingerprint density at radius 1 is 1.12 bits per heavy atom. The minimum Gasteiger partial charge on any atom is -0.367 e. The molecule has 0 saturated heterocycles. The summed E-state index contributed by atoms with van der Waals surface area (Å²) in [4.78, 5) is 21.8. The molecule has 1 aliphatic carbocycles. The lowest BCUT2D eigenvalue weighted by atomic mass is 10.1. The van der Waals surface area contributed by atoms with Crippen molar-refractivity contribution in [1.29, 1.82) is 0 Å². The second kappa shape index (κ2) is 8.65. The molecule has 7 heteroatoms. The highest BCUT2D eigenvalue weighted by atomic mass is 19.1. The van der Waals surface area contributed by atoms with Gasteiger partial charge in [-0.05, 0) is 18.1 Å². The fraction of sp³-hybridized carbons (Fsp3) is 0.269.